The molecule has 5 nitrogen and oxygen atoms in total. The minimum Gasteiger partial charge on any atom is -0.464 e. The number of hydrogen-bond donors (Lipinski definition) is 0. The van der Waals surface area contributed by atoms with Gasteiger partial charge < -0.3 is 4.74 Å². The molecule has 0 saturated heterocycles. The molecule has 0 aliphatic rings. The van der Waals surface area contributed by atoms with Crippen LogP contribution in [0, 0.1) is 11.8 Å². The summed E-state index contributed by atoms with van der Waals surface area (Å²) in [5, 5.41) is 0. The largest absolute Gasteiger partial charge is 0.464 e. The van der Waals surface area contributed by atoms with Crippen LogP contribution in [0.4, 0.5) is 0 Å². The van der Waals surface area contributed by atoms with Gasteiger partial charge in [-0.05, 0) is 24.3 Å². The van der Waals surface area contributed by atoms with Crippen LogP contribution in [0.25, 0.3) is 0 Å². The molecule has 0 bridgehead atoms. The number of sulfone groups is 1. The van der Waals surface area contributed by atoms with E-state index < -0.39 is 15.8 Å². The third-order valence-electron chi connectivity index (χ3n) is 2.79. The summed E-state index contributed by atoms with van der Waals surface area (Å²) in [5.74, 6) is 5.12. The molecular weight excluding hydrogens is 302 g/mol. The van der Waals surface area contributed by atoms with Crippen molar-refractivity contribution in [3.05, 3.63) is 59.4 Å². The molecule has 0 unspecified atom stereocenters. The van der Waals surface area contributed by atoms with Crippen LogP contribution in [0.1, 0.15) is 21.6 Å². The van der Waals surface area contributed by atoms with Crippen molar-refractivity contribution < 1.29 is 17.9 Å². The van der Waals surface area contributed by atoms with E-state index in [-0.39, 0.29) is 10.6 Å². The molecule has 1 heterocycles. The highest BCUT2D eigenvalue weighted by atomic mass is 32.2. The van der Waals surface area contributed by atoms with E-state index in [0.717, 1.165) is 6.26 Å². The van der Waals surface area contributed by atoms with Crippen molar-refractivity contribution in [1.29, 1.82) is 0 Å². The topological polar surface area (TPSA) is 73.3 Å². The Morgan fingerprint density at radius 1 is 1.14 bits per heavy atom. The summed E-state index contributed by atoms with van der Waals surface area (Å²) in [7, 11) is -2.06. The number of ether oxygens (including phenoxy) is 1. The maximum Gasteiger partial charge on any atom is 0.356 e. The third kappa shape index (κ3) is 3.71. The van der Waals surface area contributed by atoms with Crippen LogP contribution in [0.5, 0.6) is 0 Å². The van der Waals surface area contributed by atoms with Crippen LogP contribution in [-0.2, 0) is 14.6 Å². The van der Waals surface area contributed by atoms with E-state index >= 15 is 0 Å². The molecule has 0 aliphatic carbocycles. The molecule has 0 N–H and O–H groups in total. The van der Waals surface area contributed by atoms with E-state index in [0.29, 0.717) is 11.1 Å². The first kappa shape index (κ1) is 15.7. The van der Waals surface area contributed by atoms with Gasteiger partial charge in [-0.15, -0.1) is 0 Å². The van der Waals surface area contributed by atoms with Crippen molar-refractivity contribution in [3.63, 3.8) is 0 Å². The Bertz CT molecular complexity index is 859. The van der Waals surface area contributed by atoms with Gasteiger partial charge in [0.25, 0.3) is 0 Å². The Kier molecular flexibility index (Phi) is 4.59. The number of carbonyl (C=O) groups is 1. The SMILES string of the molecule is COC(=O)c1ccc(C#Cc2ccccc2S(C)(=O)=O)cn1. The molecule has 22 heavy (non-hydrogen) atoms. The normalized spacial score (nSPS) is 10.5. The van der Waals surface area contributed by atoms with Crippen molar-refractivity contribution in [3.8, 4) is 11.8 Å². The minimum atomic E-state index is -3.34. The number of rotatable bonds is 2. The van der Waals surface area contributed by atoms with Crippen LogP contribution in [0.2, 0.25) is 0 Å². The molecule has 2 aromatic rings. The Morgan fingerprint density at radius 3 is 2.45 bits per heavy atom. The zero-order valence-electron chi connectivity index (χ0n) is 12.0. The van der Waals surface area contributed by atoms with Crippen molar-refractivity contribution in [1.82, 2.24) is 4.98 Å². The maximum atomic E-state index is 11.7. The quantitative estimate of drug-likeness (QED) is 0.622. The van der Waals surface area contributed by atoms with E-state index in [1.165, 1.54) is 25.4 Å². The van der Waals surface area contributed by atoms with E-state index in [1.54, 1.807) is 24.3 Å². The molecule has 0 radical (unpaired) electrons. The molecule has 0 aliphatic heterocycles. The summed E-state index contributed by atoms with van der Waals surface area (Å²) in [5.41, 5.74) is 1.17. The first-order valence-electron chi connectivity index (χ1n) is 6.27. The van der Waals surface area contributed by atoms with E-state index in [4.69, 9.17) is 0 Å². The number of carbonyl (C=O) groups excluding carboxylic acids is 1. The summed E-state index contributed by atoms with van der Waals surface area (Å²) < 4.78 is 27.9. The summed E-state index contributed by atoms with van der Waals surface area (Å²) in [4.78, 5) is 15.4. The van der Waals surface area contributed by atoms with Gasteiger partial charge in [-0.1, -0.05) is 24.0 Å². The molecule has 0 fully saturated rings. The van der Waals surface area contributed by atoms with Gasteiger partial charge in [0, 0.05) is 23.6 Å². The zero-order valence-corrected chi connectivity index (χ0v) is 12.8. The lowest BCUT2D eigenvalue weighted by atomic mass is 10.2. The van der Waals surface area contributed by atoms with Gasteiger partial charge in [-0.2, -0.15) is 0 Å². The lowest BCUT2D eigenvalue weighted by molar-refractivity contribution is 0.0594. The number of benzene rings is 1. The highest BCUT2D eigenvalue weighted by Crippen LogP contribution is 2.14. The summed E-state index contributed by atoms with van der Waals surface area (Å²) >= 11 is 0. The van der Waals surface area contributed by atoms with E-state index in [2.05, 4.69) is 21.6 Å². The predicted molar refractivity (Wildman–Crippen MR) is 81.1 cm³/mol. The van der Waals surface area contributed by atoms with Crippen LogP contribution < -0.4 is 0 Å². The number of aromatic nitrogens is 1. The van der Waals surface area contributed by atoms with Crippen molar-refractivity contribution >= 4 is 15.8 Å². The van der Waals surface area contributed by atoms with Crippen molar-refractivity contribution in [2.75, 3.05) is 13.4 Å². The van der Waals surface area contributed by atoms with Gasteiger partial charge in [-0.25, -0.2) is 18.2 Å². The number of nitrogens with zero attached hydrogens (tertiary/aromatic N) is 1. The highest BCUT2D eigenvalue weighted by Gasteiger charge is 2.10. The average molecular weight is 315 g/mol. The summed E-state index contributed by atoms with van der Waals surface area (Å²) in [6, 6.07) is 9.64. The van der Waals surface area contributed by atoms with Gasteiger partial charge in [0.05, 0.1) is 12.0 Å². The van der Waals surface area contributed by atoms with Gasteiger partial charge in [0.1, 0.15) is 5.69 Å². The predicted octanol–water partition coefficient (Wildman–Crippen LogP) is 1.67. The second-order valence-electron chi connectivity index (χ2n) is 4.44. The number of hydrogen-bond acceptors (Lipinski definition) is 5. The first-order valence-corrected chi connectivity index (χ1v) is 8.16. The third-order valence-corrected chi connectivity index (χ3v) is 3.94. The van der Waals surface area contributed by atoms with E-state index in [1.807, 2.05) is 0 Å². The molecule has 0 spiro atoms. The van der Waals surface area contributed by atoms with Crippen LogP contribution >= 0.6 is 0 Å². The highest BCUT2D eigenvalue weighted by molar-refractivity contribution is 7.90. The van der Waals surface area contributed by atoms with Crippen molar-refractivity contribution in [2.45, 2.75) is 4.90 Å². The fraction of sp³-hybridized carbons (Fsp3) is 0.125. The molecule has 112 valence electrons. The van der Waals surface area contributed by atoms with Crippen molar-refractivity contribution in [2.24, 2.45) is 0 Å². The fourth-order valence-electron chi connectivity index (χ4n) is 1.73. The van der Waals surface area contributed by atoms with Gasteiger partial charge >= 0.3 is 5.97 Å². The molecule has 0 saturated carbocycles. The lowest BCUT2D eigenvalue weighted by Gasteiger charge is -2.00. The fourth-order valence-corrected chi connectivity index (χ4v) is 2.57. The number of esters is 1. The average Bonchev–Trinajstić information content (AvgIpc) is 2.52. The summed E-state index contributed by atoms with van der Waals surface area (Å²) in [6.45, 7) is 0. The zero-order chi connectivity index (χ0) is 16.2. The molecule has 2 rings (SSSR count). The Labute approximate surface area is 128 Å². The van der Waals surface area contributed by atoms with Gasteiger partial charge in [0.2, 0.25) is 0 Å². The molecule has 0 amide bonds. The summed E-state index contributed by atoms with van der Waals surface area (Å²) in [6.07, 6.45) is 2.57. The molecule has 1 aromatic carbocycles. The number of pyridine rings is 1. The lowest BCUT2D eigenvalue weighted by Crippen LogP contribution is -2.03. The maximum absolute atomic E-state index is 11.7. The van der Waals surface area contributed by atoms with Crippen LogP contribution in [0.3, 0.4) is 0 Å². The standard InChI is InChI=1S/C16H13NO4S/c1-21-16(18)14-10-8-12(11-17-14)7-9-13-5-3-4-6-15(13)22(2,19)20/h3-6,8,10-11H,1-2H3. The molecule has 1 aromatic heterocycles. The van der Waals surface area contributed by atoms with E-state index in [9.17, 15) is 13.2 Å². The first-order chi connectivity index (χ1) is 10.4. The van der Waals surface area contributed by atoms with Gasteiger partial charge in [0.15, 0.2) is 9.84 Å². The monoisotopic (exact) mass is 315 g/mol. The van der Waals surface area contributed by atoms with Crippen LogP contribution in [-0.4, -0.2) is 32.7 Å². The second-order valence-corrected chi connectivity index (χ2v) is 6.43. The Balaban J connectivity index is 2.34. The Morgan fingerprint density at radius 2 is 1.86 bits per heavy atom. The Hall–Kier alpha value is -2.65. The number of methoxy groups -OCH3 is 1. The molecule has 0 atom stereocenters. The van der Waals surface area contributed by atoms with Crippen LogP contribution in [0.15, 0.2) is 47.5 Å². The smallest absolute Gasteiger partial charge is 0.356 e. The minimum absolute atomic E-state index is 0.182. The van der Waals surface area contributed by atoms with Gasteiger partial charge in [-0.3, -0.25) is 0 Å². The second kappa shape index (κ2) is 6.41. The molecular formula is C16H13NO4S. The molecule has 6 heteroatoms.